The van der Waals surface area contributed by atoms with Gasteiger partial charge in [-0.05, 0) is 66.1 Å². The Morgan fingerprint density at radius 3 is 2.37 bits per heavy atom. The lowest BCUT2D eigenvalue weighted by Crippen LogP contribution is -2.32. The smallest absolute Gasteiger partial charge is 0.379 e. The van der Waals surface area contributed by atoms with Gasteiger partial charge in [-0.3, -0.25) is 9.59 Å². The molecule has 0 atom stereocenters. The van der Waals surface area contributed by atoms with Gasteiger partial charge in [-0.1, -0.05) is 19.1 Å². The Morgan fingerprint density at radius 2 is 1.73 bits per heavy atom. The zero-order chi connectivity index (χ0) is 21.3. The van der Waals surface area contributed by atoms with Crippen molar-refractivity contribution in [3.63, 3.8) is 0 Å². The topological polar surface area (TPSA) is 110 Å². The molecule has 0 fully saturated rings. The molecule has 0 aliphatic rings. The number of nitrogens with one attached hydrogen (secondary N) is 2. The average molecular weight is 405 g/mol. The minimum absolute atomic E-state index is 0.0999. The minimum atomic E-state index is -0.894. The molecule has 8 nitrogen and oxygen atoms in total. The van der Waals surface area contributed by atoms with Gasteiger partial charge in [0.05, 0.1) is 12.5 Å². The van der Waals surface area contributed by atoms with Gasteiger partial charge in [0.1, 0.15) is 5.75 Å². The molecular weight excluding hydrogens is 386 g/mol. The van der Waals surface area contributed by atoms with Crippen molar-refractivity contribution in [3.8, 4) is 5.75 Å². The van der Waals surface area contributed by atoms with E-state index in [1.165, 1.54) is 18.5 Å². The highest BCUT2D eigenvalue weighted by atomic mass is 16.5. The molecule has 0 radical (unpaired) electrons. The number of ether oxygens (including phenoxy) is 1. The van der Waals surface area contributed by atoms with Crippen LogP contribution in [0.5, 0.6) is 5.75 Å². The molecule has 8 heteroatoms. The van der Waals surface area contributed by atoms with E-state index >= 15 is 0 Å². The minimum Gasteiger partial charge on any atom is -0.457 e. The number of hydrogen-bond acceptors (Lipinski definition) is 6. The van der Waals surface area contributed by atoms with Crippen molar-refractivity contribution in [2.75, 3.05) is 5.32 Å². The Balaban J connectivity index is 1.48. The van der Waals surface area contributed by atoms with Gasteiger partial charge in [-0.15, -0.1) is 0 Å². The van der Waals surface area contributed by atoms with Crippen LogP contribution in [0.4, 0.5) is 5.69 Å². The maximum Gasteiger partial charge on any atom is 0.379 e. The predicted octanol–water partition coefficient (Wildman–Crippen LogP) is 3.15. The van der Waals surface area contributed by atoms with Gasteiger partial charge in [0.2, 0.25) is 5.76 Å². The van der Waals surface area contributed by atoms with Gasteiger partial charge < -0.3 is 14.5 Å². The van der Waals surface area contributed by atoms with Crippen LogP contribution < -0.4 is 15.5 Å². The molecule has 152 valence electrons. The quantitative estimate of drug-likeness (QED) is 0.215. The van der Waals surface area contributed by atoms with Crippen molar-refractivity contribution in [1.82, 2.24) is 5.43 Å². The SMILES string of the molecule is CCc1ccc(NC(=O)C(=O)N/N=C\c2ccc(OC(=O)c3ccco3)cc2)cc1. The Morgan fingerprint density at radius 1 is 1.00 bits per heavy atom. The summed E-state index contributed by atoms with van der Waals surface area (Å²) in [5.74, 6) is -1.90. The van der Waals surface area contributed by atoms with Crippen LogP contribution >= 0.6 is 0 Å². The molecule has 3 aromatic rings. The van der Waals surface area contributed by atoms with Gasteiger partial charge in [0.15, 0.2) is 0 Å². The third kappa shape index (κ3) is 5.65. The molecule has 2 amide bonds. The molecule has 0 aliphatic heterocycles. The molecular formula is C22H19N3O5. The molecule has 0 unspecified atom stereocenters. The zero-order valence-electron chi connectivity index (χ0n) is 16.1. The summed E-state index contributed by atoms with van der Waals surface area (Å²) in [4.78, 5) is 35.6. The predicted molar refractivity (Wildman–Crippen MR) is 110 cm³/mol. The van der Waals surface area contributed by atoms with Gasteiger partial charge in [-0.25, -0.2) is 10.2 Å². The van der Waals surface area contributed by atoms with Crippen LogP contribution in [0.1, 0.15) is 28.6 Å². The Labute approximate surface area is 172 Å². The second-order valence-corrected chi connectivity index (χ2v) is 6.14. The van der Waals surface area contributed by atoms with Crippen molar-refractivity contribution in [2.45, 2.75) is 13.3 Å². The summed E-state index contributed by atoms with van der Waals surface area (Å²) in [6, 6.07) is 16.7. The van der Waals surface area contributed by atoms with Crippen molar-refractivity contribution >= 4 is 29.7 Å². The van der Waals surface area contributed by atoms with E-state index in [-0.39, 0.29) is 5.76 Å². The van der Waals surface area contributed by atoms with Crippen LogP contribution in [-0.2, 0) is 16.0 Å². The fourth-order valence-corrected chi connectivity index (χ4v) is 2.40. The maximum atomic E-state index is 11.9. The number of hydrazone groups is 1. The van der Waals surface area contributed by atoms with Crippen LogP contribution in [0.2, 0.25) is 0 Å². The normalized spacial score (nSPS) is 10.6. The summed E-state index contributed by atoms with van der Waals surface area (Å²) in [6.07, 6.45) is 3.63. The molecule has 0 spiro atoms. The van der Waals surface area contributed by atoms with Gasteiger partial charge >= 0.3 is 17.8 Å². The lowest BCUT2D eigenvalue weighted by Gasteiger charge is -2.05. The van der Waals surface area contributed by atoms with Crippen molar-refractivity contribution in [3.05, 3.63) is 83.8 Å². The molecule has 0 saturated heterocycles. The number of aryl methyl sites for hydroxylation is 1. The summed E-state index contributed by atoms with van der Waals surface area (Å²) in [6.45, 7) is 2.03. The number of esters is 1. The second-order valence-electron chi connectivity index (χ2n) is 6.14. The fraction of sp³-hybridized carbons (Fsp3) is 0.0909. The molecule has 1 aromatic heterocycles. The summed E-state index contributed by atoms with van der Waals surface area (Å²) in [7, 11) is 0. The van der Waals surface area contributed by atoms with Gasteiger partial charge in [0.25, 0.3) is 0 Å². The second kappa shape index (κ2) is 9.83. The molecule has 2 N–H and O–H groups in total. The number of carbonyl (C=O) groups is 3. The summed E-state index contributed by atoms with van der Waals surface area (Å²) in [5.41, 5.74) is 4.44. The summed E-state index contributed by atoms with van der Waals surface area (Å²) >= 11 is 0. The van der Waals surface area contributed by atoms with Crippen LogP contribution in [0.15, 0.2) is 76.4 Å². The zero-order valence-corrected chi connectivity index (χ0v) is 16.1. The van der Waals surface area contributed by atoms with E-state index in [4.69, 9.17) is 9.15 Å². The van der Waals surface area contributed by atoms with Crippen molar-refractivity contribution in [2.24, 2.45) is 5.10 Å². The van der Waals surface area contributed by atoms with Crippen molar-refractivity contribution in [1.29, 1.82) is 0 Å². The first kappa shape index (κ1) is 20.5. The number of carbonyl (C=O) groups excluding carboxylic acids is 3. The van der Waals surface area contributed by atoms with Crippen molar-refractivity contribution < 1.29 is 23.5 Å². The number of hydrogen-bond donors (Lipinski definition) is 2. The van der Waals surface area contributed by atoms with E-state index in [0.717, 1.165) is 12.0 Å². The number of benzene rings is 2. The Bertz CT molecular complexity index is 1040. The molecule has 0 aliphatic carbocycles. The maximum absolute atomic E-state index is 11.9. The molecule has 1 heterocycles. The molecule has 0 saturated carbocycles. The van der Waals surface area contributed by atoms with E-state index in [1.54, 1.807) is 42.5 Å². The number of furan rings is 1. The molecule has 3 rings (SSSR count). The van der Waals surface area contributed by atoms with Crippen LogP contribution in [0.25, 0.3) is 0 Å². The molecule has 2 aromatic carbocycles. The van der Waals surface area contributed by atoms with Gasteiger partial charge in [0, 0.05) is 5.69 Å². The Kier molecular flexibility index (Phi) is 6.73. The van der Waals surface area contributed by atoms with Crippen LogP contribution in [0.3, 0.4) is 0 Å². The van der Waals surface area contributed by atoms with E-state index in [9.17, 15) is 14.4 Å². The third-order valence-corrected chi connectivity index (χ3v) is 4.02. The first-order valence-electron chi connectivity index (χ1n) is 9.14. The highest BCUT2D eigenvalue weighted by Gasteiger charge is 2.13. The van der Waals surface area contributed by atoms with Crippen LogP contribution in [-0.4, -0.2) is 24.0 Å². The average Bonchev–Trinajstić information content (AvgIpc) is 3.30. The number of anilines is 1. The summed E-state index contributed by atoms with van der Waals surface area (Å²) < 4.78 is 10.1. The summed E-state index contributed by atoms with van der Waals surface area (Å²) in [5, 5.41) is 6.25. The lowest BCUT2D eigenvalue weighted by atomic mass is 10.1. The van der Waals surface area contributed by atoms with E-state index in [1.807, 2.05) is 19.1 Å². The first-order valence-corrected chi connectivity index (χ1v) is 9.14. The molecule has 0 bridgehead atoms. The highest BCUT2D eigenvalue weighted by Crippen LogP contribution is 2.14. The number of nitrogens with zero attached hydrogens (tertiary/aromatic N) is 1. The van der Waals surface area contributed by atoms with E-state index < -0.39 is 17.8 Å². The lowest BCUT2D eigenvalue weighted by molar-refractivity contribution is -0.136. The largest absolute Gasteiger partial charge is 0.457 e. The first-order chi connectivity index (χ1) is 14.5. The number of amides is 2. The van der Waals surface area contributed by atoms with Gasteiger partial charge in [-0.2, -0.15) is 5.10 Å². The monoisotopic (exact) mass is 405 g/mol. The third-order valence-electron chi connectivity index (χ3n) is 4.02. The fourth-order valence-electron chi connectivity index (χ4n) is 2.40. The standard InChI is InChI=1S/C22H19N3O5/c1-2-15-5-9-17(10-6-15)24-20(26)21(27)25-23-14-16-7-11-18(12-8-16)30-22(28)19-4-3-13-29-19/h3-14H,2H2,1H3,(H,24,26)(H,25,27)/b23-14-. The van der Waals surface area contributed by atoms with E-state index in [0.29, 0.717) is 17.0 Å². The Hall–Kier alpha value is -4.20. The molecule has 30 heavy (non-hydrogen) atoms. The highest BCUT2D eigenvalue weighted by molar-refractivity contribution is 6.39. The van der Waals surface area contributed by atoms with Crippen LogP contribution in [0, 0.1) is 0 Å². The van der Waals surface area contributed by atoms with E-state index in [2.05, 4.69) is 15.8 Å². The number of rotatable bonds is 6.